The van der Waals surface area contributed by atoms with Gasteiger partial charge in [-0.3, -0.25) is 19.3 Å². The number of hydrogen-bond acceptors (Lipinski definition) is 6. The van der Waals surface area contributed by atoms with Crippen LogP contribution in [0.1, 0.15) is 39.0 Å². The largest absolute Gasteiger partial charge is 0.360 e. The zero-order chi connectivity index (χ0) is 25.3. The third-order valence-corrected chi connectivity index (χ3v) is 6.98. The molecule has 0 radical (unpaired) electrons. The van der Waals surface area contributed by atoms with Crippen LogP contribution < -0.4 is 15.5 Å². The Bertz CT molecular complexity index is 1260. The van der Waals surface area contributed by atoms with E-state index in [1.54, 1.807) is 32.1 Å². The maximum atomic E-state index is 14.1. The average molecular weight is 479 g/mol. The highest BCUT2D eigenvalue weighted by Crippen LogP contribution is 2.60. The van der Waals surface area contributed by atoms with Crippen LogP contribution in [0.5, 0.6) is 0 Å². The number of amides is 3. The van der Waals surface area contributed by atoms with Gasteiger partial charge < -0.3 is 19.9 Å². The second-order valence-corrected chi connectivity index (χ2v) is 10.9. The van der Waals surface area contributed by atoms with Gasteiger partial charge in [0.2, 0.25) is 17.7 Å². The zero-order valence-electron chi connectivity index (χ0n) is 20.7. The summed E-state index contributed by atoms with van der Waals surface area (Å²) in [5.41, 5.74) is -1.41. The van der Waals surface area contributed by atoms with Crippen molar-refractivity contribution in [3.8, 4) is 0 Å². The van der Waals surface area contributed by atoms with E-state index < -0.39 is 40.5 Å². The van der Waals surface area contributed by atoms with Crippen molar-refractivity contribution in [1.29, 1.82) is 0 Å². The Kier molecular flexibility index (Phi) is 5.00. The molecule has 5 rings (SSSR count). The fourth-order valence-corrected chi connectivity index (χ4v) is 5.69. The lowest BCUT2D eigenvalue weighted by Gasteiger charge is -2.35. The van der Waals surface area contributed by atoms with Gasteiger partial charge in [-0.05, 0) is 53.2 Å². The van der Waals surface area contributed by atoms with Gasteiger partial charge in [0.15, 0.2) is 5.82 Å². The molecule has 0 unspecified atom stereocenters. The predicted octanol–water partition coefficient (Wildman–Crippen LogP) is 2.89. The van der Waals surface area contributed by atoms with E-state index in [9.17, 15) is 14.4 Å². The van der Waals surface area contributed by atoms with Gasteiger partial charge in [-0.15, -0.1) is 0 Å². The molecule has 9 nitrogen and oxygen atoms in total. The van der Waals surface area contributed by atoms with Crippen LogP contribution in [0.15, 0.2) is 47.0 Å². The van der Waals surface area contributed by atoms with Crippen molar-refractivity contribution < 1.29 is 23.6 Å². The van der Waals surface area contributed by atoms with E-state index in [4.69, 9.17) is 9.26 Å². The van der Waals surface area contributed by atoms with Gasteiger partial charge in [-0.2, -0.15) is 0 Å². The Hall–Kier alpha value is -3.46. The number of hydrogen-bond donors (Lipinski definition) is 2. The van der Waals surface area contributed by atoms with Crippen LogP contribution in [0.4, 0.5) is 11.5 Å². The van der Waals surface area contributed by atoms with Crippen LogP contribution in [0.2, 0.25) is 0 Å². The first-order chi connectivity index (χ1) is 16.4. The number of carbonyl (C=O) groups excluding carboxylic acids is 3. The summed E-state index contributed by atoms with van der Waals surface area (Å²) in [5, 5.41) is 9.63. The van der Waals surface area contributed by atoms with Crippen molar-refractivity contribution in [3.05, 3.63) is 53.8 Å². The molecule has 0 aliphatic carbocycles. The van der Waals surface area contributed by atoms with Crippen LogP contribution in [0, 0.1) is 25.7 Å². The Labute approximate surface area is 203 Å². The Balaban J connectivity index is 1.61. The molecule has 35 heavy (non-hydrogen) atoms. The van der Waals surface area contributed by atoms with E-state index in [0.29, 0.717) is 11.4 Å². The van der Waals surface area contributed by atoms with E-state index in [1.165, 1.54) is 4.90 Å². The highest BCUT2D eigenvalue weighted by atomic mass is 16.5. The summed E-state index contributed by atoms with van der Waals surface area (Å²) in [6.07, 6.45) is 3.60. The van der Waals surface area contributed by atoms with Crippen molar-refractivity contribution in [1.82, 2.24) is 10.5 Å². The lowest BCUT2D eigenvalue weighted by Crippen LogP contribution is -2.58. The van der Waals surface area contributed by atoms with E-state index in [2.05, 4.69) is 15.8 Å². The third kappa shape index (κ3) is 3.48. The molecule has 2 bridgehead atoms. The average Bonchev–Trinajstić information content (AvgIpc) is 3.44. The number of rotatable bonds is 4. The number of para-hydroxylation sites is 1. The van der Waals surface area contributed by atoms with Crippen molar-refractivity contribution in [3.63, 3.8) is 0 Å². The molecule has 2 saturated heterocycles. The van der Waals surface area contributed by atoms with Crippen LogP contribution in [0.25, 0.3) is 0 Å². The SMILES string of the molecule is Cc1cc(NC(=O)[C@@H]2[C@H]3C(=O)N(c4ccccc4C)[C@H](C(=O)NC(C)(C)C)[C@@]34C=C[C@@]2(C)O4)no1. The summed E-state index contributed by atoms with van der Waals surface area (Å²) in [6, 6.07) is 8.03. The number of benzene rings is 1. The number of carbonyl (C=O) groups is 3. The predicted molar refractivity (Wildman–Crippen MR) is 129 cm³/mol. The van der Waals surface area contributed by atoms with E-state index in [-0.39, 0.29) is 17.6 Å². The molecule has 2 N–H and O–H groups in total. The number of anilines is 2. The second kappa shape index (κ2) is 7.52. The molecule has 3 aliphatic rings. The van der Waals surface area contributed by atoms with Gasteiger partial charge in [0.1, 0.15) is 17.4 Å². The van der Waals surface area contributed by atoms with Crippen molar-refractivity contribution >= 4 is 29.2 Å². The summed E-state index contributed by atoms with van der Waals surface area (Å²) in [6.45, 7) is 11.0. The van der Waals surface area contributed by atoms with Crippen molar-refractivity contribution in [2.75, 3.05) is 10.2 Å². The second-order valence-electron chi connectivity index (χ2n) is 10.9. The Morgan fingerprint density at radius 2 is 1.83 bits per heavy atom. The number of fused-ring (bicyclic) bond motifs is 1. The molecule has 2 aromatic rings. The van der Waals surface area contributed by atoms with Crippen molar-refractivity contribution in [2.45, 2.75) is 64.3 Å². The van der Waals surface area contributed by atoms with Gasteiger partial charge in [0.25, 0.3) is 0 Å². The van der Waals surface area contributed by atoms with Crippen LogP contribution in [-0.4, -0.2) is 45.7 Å². The first-order valence-electron chi connectivity index (χ1n) is 11.7. The summed E-state index contributed by atoms with van der Waals surface area (Å²) < 4.78 is 11.6. The maximum absolute atomic E-state index is 14.1. The lowest BCUT2D eigenvalue weighted by atomic mass is 9.70. The summed E-state index contributed by atoms with van der Waals surface area (Å²) >= 11 is 0. The smallest absolute Gasteiger partial charge is 0.246 e. The minimum atomic E-state index is -1.29. The van der Waals surface area contributed by atoms with Crippen molar-refractivity contribution in [2.24, 2.45) is 11.8 Å². The van der Waals surface area contributed by atoms with Gasteiger partial charge in [-0.25, -0.2) is 0 Å². The fourth-order valence-electron chi connectivity index (χ4n) is 5.69. The van der Waals surface area contributed by atoms with Gasteiger partial charge in [0, 0.05) is 17.3 Å². The minimum Gasteiger partial charge on any atom is -0.360 e. The third-order valence-electron chi connectivity index (χ3n) is 6.98. The van der Waals surface area contributed by atoms with Crippen LogP contribution in [0.3, 0.4) is 0 Å². The van der Waals surface area contributed by atoms with E-state index >= 15 is 0 Å². The molecular formula is C26H30N4O5. The standard InChI is InChI=1S/C26H30N4O5/c1-14-9-7-8-10-16(14)30-20(22(32)28-24(3,4)5)26-12-11-25(6,35-26)18(19(26)23(30)33)21(31)27-17-13-15(2)34-29-17/h7-13,18-20H,1-6H3,(H,28,32)(H,27,29,31)/t18-,19-,20+,25+,26+/m0/s1. The number of aryl methyl sites for hydroxylation is 2. The summed E-state index contributed by atoms with van der Waals surface area (Å²) in [7, 11) is 0. The molecule has 184 valence electrons. The first kappa shape index (κ1) is 23.3. The van der Waals surface area contributed by atoms with E-state index in [0.717, 1.165) is 5.56 Å². The molecule has 1 spiro atoms. The minimum absolute atomic E-state index is 0.264. The fraction of sp³-hybridized carbons (Fsp3) is 0.462. The summed E-state index contributed by atoms with van der Waals surface area (Å²) in [5.74, 6) is -2.01. The highest BCUT2D eigenvalue weighted by Gasteiger charge is 2.76. The molecule has 3 aliphatic heterocycles. The monoisotopic (exact) mass is 478 g/mol. The molecular weight excluding hydrogens is 448 g/mol. The van der Waals surface area contributed by atoms with Crippen LogP contribution >= 0.6 is 0 Å². The first-order valence-corrected chi connectivity index (χ1v) is 11.7. The molecule has 1 aromatic heterocycles. The molecule has 0 saturated carbocycles. The van der Waals surface area contributed by atoms with Gasteiger partial charge in [-0.1, -0.05) is 35.5 Å². The molecule has 3 amide bonds. The number of ether oxygens (including phenoxy) is 1. The maximum Gasteiger partial charge on any atom is 0.246 e. The molecule has 5 atom stereocenters. The van der Waals surface area contributed by atoms with Gasteiger partial charge in [0.05, 0.1) is 17.4 Å². The highest BCUT2D eigenvalue weighted by molar-refractivity contribution is 6.11. The Morgan fingerprint density at radius 1 is 1.11 bits per heavy atom. The molecule has 2 fully saturated rings. The normalized spacial score (nSPS) is 31.1. The number of aromatic nitrogens is 1. The molecule has 4 heterocycles. The van der Waals surface area contributed by atoms with E-state index in [1.807, 2.05) is 52.0 Å². The van der Waals surface area contributed by atoms with Crippen LogP contribution in [-0.2, 0) is 19.1 Å². The Morgan fingerprint density at radius 3 is 2.46 bits per heavy atom. The number of nitrogens with one attached hydrogen (secondary N) is 2. The van der Waals surface area contributed by atoms with Gasteiger partial charge >= 0.3 is 0 Å². The number of nitrogens with zero attached hydrogens (tertiary/aromatic N) is 2. The topological polar surface area (TPSA) is 114 Å². The molecule has 1 aromatic carbocycles. The molecule has 9 heteroatoms. The quantitative estimate of drug-likeness (QED) is 0.654. The summed E-state index contributed by atoms with van der Waals surface area (Å²) in [4.78, 5) is 42.9. The zero-order valence-corrected chi connectivity index (χ0v) is 20.7. The lowest BCUT2D eigenvalue weighted by molar-refractivity contribution is -0.131.